The van der Waals surface area contributed by atoms with Crippen molar-refractivity contribution in [1.82, 2.24) is 24.4 Å². The Kier molecular flexibility index (Phi) is 4.89. The van der Waals surface area contributed by atoms with Crippen molar-refractivity contribution < 1.29 is 4.79 Å². The first kappa shape index (κ1) is 17.7. The number of hydrogen-bond donors (Lipinski definition) is 1. The van der Waals surface area contributed by atoms with Gasteiger partial charge in [0.15, 0.2) is 0 Å². The van der Waals surface area contributed by atoms with E-state index in [1.54, 1.807) is 41.5 Å². The molecule has 0 aromatic carbocycles. The zero-order valence-electron chi connectivity index (χ0n) is 15.1. The quantitative estimate of drug-likeness (QED) is 0.750. The number of amides is 1. The summed E-state index contributed by atoms with van der Waals surface area (Å²) in [7, 11) is 0. The molecule has 1 aliphatic heterocycles. The Bertz CT molecular complexity index is 992. The number of piperidine rings is 1. The number of nitrogens with one attached hydrogen (secondary N) is 1. The summed E-state index contributed by atoms with van der Waals surface area (Å²) in [6.45, 7) is 3.71. The molecule has 0 bridgehead atoms. The molecule has 3 aromatic rings. The SMILES string of the molecule is Cc1ccc(C(=O)N2CCC[C@H](c3nccn3Cc3cscn3)C2)c(=O)[nH]1. The number of aromatic amines is 1. The van der Waals surface area contributed by atoms with Gasteiger partial charge in [0.05, 0.1) is 17.7 Å². The molecule has 1 aliphatic rings. The molecule has 0 spiro atoms. The van der Waals surface area contributed by atoms with E-state index in [1.807, 2.05) is 17.1 Å². The Labute approximate surface area is 160 Å². The van der Waals surface area contributed by atoms with Crippen LogP contribution in [0.15, 0.2) is 40.2 Å². The smallest absolute Gasteiger partial charge is 0.260 e. The maximum Gasteiger partial charge on any atom is 0.260 e. The number of imidazole rings is 1. The molecule has 0 saturated carbocycles. The number of aromatic nitrogens is 4. The van der Waals surface area contributed by atoms with Crippen molar-refractivity contribution in [3.05, 3.63) is 68.5 Å². The third-order valence-corrected chi connectivity index (χ3v) is 5.56. The lowest BCUT2D eigenvalue weighted by Gasteiger charge is -2.32. The predicted molar refractivity (Wildman–Crippen MR) is 103 cm³/mol. The van der Waals surface area contributed by atoms with Gasteiger partial charge in [-0.15, -0.1) is 11.3 Å². The van der Waals surface area contributed by atoms with Crippen molar-refractivity contribution in [3.63, 3.8) is 0 Å². The largest absolute Gasteiger partial charge is 0.338 e. The van der Waals surface area contributed by atoms with Crippen LogP contribution in [0, 0.1) is 6.92 Å². The molecule has 0 radical (unpaired) electrons. The van der Waals surface area contributed by atoms with Crippen molar-refractivity contribution in [1.29, 1.82) is 0 Å². The fourth-order valence-corrected chi connectivity index (χ4v) is 4.14. The van der Waals surface area contributed by atoms with E-state index in [9.17, 15) is 9.59 Å². The second-order valence-electron chi connectivity index (χ2n) is 6.87. The van der Waals surface area contributed by atoms with Crippen molar-refractivity contribution in [2.24, 2.45) is 0 Å². The third kappa shape index (κ3) is 3.71. The number of carbonyl (C=O) groups excluding carboxylic acids is 1. The second-order valence-corrected chi connectivity index (χ2v) is 7.59. The van der Waals surface area contributed by atoms with E-state index in [4.69, 9.17) is 0 Å². The summed E-state index contributed by atoms with van der Waals surface area (Å²) in [6.07, 6.45) is 5.62. The number of thiazole rings is 1. The van der Waals surface area contributed by atoms with Crippen LogP contribution < -0.4 is 5.56 Å². The average Bonchev–Trinajstić information content (AvgIpc) is 3.34. The maximum absolute atomic E-state index is 12.9. The Morgan fingerprint density at radius 1 is 1.37 bits per heavy atom. The molecule has 1 saturated heterocycles. The van der Waals surface area contributed by atoms with Gasteiger partial charge in [0, 0.05) is 42.5 Å². The number of rotatable bonds is 4. The zero-order chi connectivity index (χ0) is 18.8. The second kappa shape index (κ2) is 7.48. The zero-order valence-corrected chi connectivity index (χ0v) is 15.9. The molecular formula is C19H21N5O2S. The van der Waals surface area contributed by atoms with E-state index < -0.39 is 0 Å². The first-order valence-electron chi connectivity index (χ1n) is 8.99. The highest BCUT2D eigenvalue weighted by Crippen LogP contribution is 2.27. The first-order chi connectivity index (χ1) is 13.1. The highest BCUT2D eigenvalue weighted by molar-refractivity contribution is 7.07. The Hall–Kier alpha value is -2.74. The number of hydrogen-bond acceptors (Lipinski definition) is 5. The number of nitrogens with zero attached hydrogens (tertiary/aromatic N) is 4. The minimum Gasteiger partial charge on any atom is -0.338 e. The molecule has 4 heterocycles. The molecule has 4 rings (SSSR count). The number of H-pyrrole nitrogens is 1. The number of aryl methyl sites for hydroxylation is 1. The van der Waals surface area contributed by atoms with Gasteiger partial charge in [0.25, 0.3) is 11.5 Å². The third-order valence-electron chi connectivity index (χ3n) is 4.92. The van der Waals surface area contributed by atoms with Crippen LogP contribution in [0.1, 0.15) is 46.3 Å². The molecule has 1 amide bonds. The molecule has 8 heteroatoms. The van der Waals surface area contributed by atoms with Crippen LogP contribution >= 0.6 is 11.3 Å². The average molecular weight is 383 g/mol. The molecule has 1 atom stereocenters. The molecule has 0 unspecified atom stereocenters. The summed E-state index contributed by atoms with van der Waals surface area (Å²) >= 11 is 1.58. The van der Waals surface area contributed by atoms with Gasteiger partial charge >= 0.3 is 0 Å². The van der Waals surface area contributed by atoms with Gasteiger partial charge in [-0.3, -0.25) is 9.59 Å². The van der Waals surface area contributed by atoms with Gasteiger partial charge in [-0.25, -0.2) is 9.97 Å². The van der Waals surface area contributed by atoms with Crippen molar-refractivity contribution in [2.45, 2.75) is 32.2 Å². The lowest BCUT2D eigenvalue weighted by molar-refractivity contribution is 0.0701. The van der Waals surface area contributed by atoms with Crippen molar-refractivity contribution in [3.8, 4) is 0 Å². The van der Waals surface area contributed by atoms with Crippen LogP contribution in [-0.2, 0) is 6.54 Å². The highest BCUT2D eigenvalue weighted by Gasteiger charge is 2.29. The fourth-order valence-electron chi connectivity index (χ4n) is 3.59. The normalized spacial score (nSPS) is 17.2. The lowest BCUT2D eigenvalue weighted by atomic mass is 9.96. The van der Waals surface area contributed by atoms with E-state index in [1.165, 1.54) is 0 Å². The van der Waals surface area contributed by atoms with Gasteiger partial charge in [-0.05, 0) is 31.9 Å². The summed E-state index contributed by atoms with van der Waals surface area (Å²) in [5, 5.41) is 2.03. The number of pyridine rings is 1. The molecule has 0 aliphatic carbocycles. The molecule has 27 heavy (non-hydrogen) atoms. The van der Waals surface area contributed by atoms with Crippen LogP contribution in [0.4, 0.5) is 0 Å². The number of likely N-dealkylation sites (tertiary alicyclic amines) is 1. The van der Waals surface area contributed by atoms with Crippen LogP contribution in [-0.4, -0.2) is 43.4 Å². The Morgan fingerprint density at radius 2 is 2.26 bits per heavy atom. The molecule has 1 fully saturated rings. The first-order valence-corrected chi connectivity index (χ1v) is 9.93. The van der Waals surface area contributed by atoms with Crippen LogP contribution in [0.5, 0.6) is 0 Å². The van der Waals surface area contributed by atoms with E-state index in [0.29, 0.717) is 19.6 Å². The monoisotopic (exact) mass is 383 g/mol. The van der Waals surface area contributed by atoms with Gasteiger partial charge in [0.1, 0.15) is 11.4 Å². The van der Waals surface area contributed by atoms with Gasteiger partial charge in [-0.2, -0.15) is 0 Å². The van der Waals surface area contributed by atoms with Crippen LogP contribution in [0.3, 0.4) is 0 Å². The molecule has 140 valence electrons. The summed E-state index contributed by atoms with van der Waals surface area (Å²) in [5.74, 6) is 0.915. The van der Waals surface area contributed by atoms with Crippen LogP contribution in [0.25, 0.3) is 0 Å². The molecule has 1 N–H and O–H groups in total. The molecule has 3 aromatic heterocycles. The van der Waals surface area contributed by atoms with Gasteiger partial charge in [0.2, 0.25) is 0 Å². The van der Waals surface area contributed by atoms with Gasteiger partial charge < -0.3 is 14.5 Å². The molecule has 7 nitrogen and oxygen atoms in total. The Morgan fingerprint density at radius 3 is 3.04 bits per heavy atom. The van der Waals surface area contributed by atoms with Crippen molar-refractivity contribution >= 4 is 17.2 Å². The maximum atomic E-state index is 12.9. The predicted octanol–water partition coefficient (Wildman–Crippen LogP) is 2.40. The standard InChI is InChI=1S/C19H21N5O2S/c1-13-4-5-16(18(25)22-13)19(26)24-7-2-3-14(9-24)17-20-6-8-23(17)10-15-11-27-12-21-15/h4-6,8,11-12,14H,2-3,7,9-10H2,1H3,(H,22,25)/t14-/m0/s1. The summed E-state index contributed by atoms with van der Waals surface area (Å²) in [6, 6.07) is 3.37. The minimum absolute atomic E-state index is 0.154. The van der Waals surface area contributed by atoms with E-state index >= 15 is 0 Å². The van der Waals surface area contributed by atoms with Crippen LogP contribution in [0.2, 0.25) is 0 Å². The van der Waals surface area contributed by atoms with E-state index in [-0.39, 0.29) is 22.9 Å². The summed E-state index contributed by atoms with van der Waals surface area (Å²) < 4.78 is 2.10. The lowest BCUT2D eigenvalue weighted by Crippen LogP contribution is -2.41. The van der Waals surface area contributed by atoms with E-state index in [2.05, 4.69) is 19.5 Å². The summed E-state index contributed by atoms with van der Waals surface area (Å²) in [5.41, 5.74) is 3.46. The fraction of sp³-hybridized carbons (Fsp3) is 0.368. The number of carbonyl (C=O) groups is 1. The summed E-state index contributed by atoms with van der Waals surface area (Å²) in [4.78, 5) is 38.4. The van der Waals surface area contributed by atoms with E-state index in [0.717, 1.165) is 30.1 Å². The molecular weight excluding hydrogens is 362 g/mol. The highest BCUT2D eigenvalue weighted by atomic mass is 32.1. The minimum atomic E-state index is -0.327. The van der Waals surface area contributed by atoms with Gasteiger partial charge in [-0.1, -0.05) is 0 Å². The Balaban J connectivity index is 1.53. The van der Waals surface area contributed by atoms with Crippen molar-refractivity contribution in [2.75, 3.05) is 13.1 Å². The topological polar surface area (TPSA) is 83.9 Å².